The van der Waals surface area contributed by atoms with E-state index in [0.29, 0.717) is 18.7 Å². The van der Waals surface area contributed by atoms with E-state index < -0.39 is 0 Å². The van der Waals surface area contributed by atoms with Crippen LogP contribution in [0.5, 0.6) is 0 Å². The Balaban J connectivity index is 1.61. The van der Waals surface area contributed by atoms with Crippen molar-refractivity contribution in [3.8, 4) is 5.69 Å². The van der Waals surface area contributed by atoms with E-state index in [-0.39, 0.29) is 11.9 Å². The zero-order chi connectivity index (χ0) is 21.3. The maximum Gasteiger partial charge on any atom is 0.257 e. The smallest absolute Gasteiger partial charge is 0.257 e. The molecule has 0 aliphatic carbocycles. The molecule has 0 spiro atoms. The molecular formula is C24H25ClN4O. The van der Waals surface area contributed by atoms with Crippen molar-refractivity contribution in [2.75, 3.05) is 13.1 Å². The summed E-state index contributed by atoms with van der Waals surface area (Å²) in [7, 11) is 0. The first kappa shape index (κ1) is 20.4. The molecule has 1 fully saturated rings. The molecule has 4 rings (SSSR count). The molecule has 1 aliphatic rings. The highest BCUT2D eigenvalue weighted by atomic mass is 35.5. The highest BCUT2D eigenvalue weighted by molar-refractivity contribution is 6.30. The van der Waals surface area contributed by atoms with E-state index >= 15 is 0 Å². The van der Waals surface area contributed by atoms with Gasteiger partial charge >= 0.3 is 0 Å². The Kier molecular flexibility index (Phi) is 5.75. The summed E-state index contributed by atoms with van der Waals surface area (Å²) in [4.78, 5) is 14.9. The summed E-state index contributed by atoms with van der Waals surface area (Å²) in [5, 5.41) is 5.38. The summed E-state index contributed by atoms with van der Waals surface area (Å²) in [6.07, 6.45) is 4.94. The normalized spacial score (nSPS) is 16.5. The number of aryl methyl sites for hydroxylation is 1. The highest BCUT2D eigenvalue weighted by Gasteiger charge is 2.28. The van der Waals surface area contributed by atoms with Gasteiger partial charge in [-0.15, -0.1) is 0 Å². The number of hydrogen-bond donors (Lipinski definition) is 1. The van der Waals surface area contributed by atoms with Crippen molar-refractivity contribution in [2.45, 2.75) is 26.3 Å². The Labute approximate surface area is 181 Å². The Bertz CT molecular complexity index is 1100. The van der Waals surface area contributed by atoms with Crippen LogP contribution in [-0.4, -0.2) is 39.7 Å². The number of carbonyl (C=O) groups excluding carboxylic acids is 1. The fourth-order valence-electron chi connectivity index (χ4n) is 3.86. The Morgan fingerprint density at radius 1 is 1.13 bits per heavy atom. The van der Waals surface area contributed by atoms with Gasteiger partial charge in [0.05, 0.1) is 22.6 Å². The predicted molar refractivity (Wildman–Crippen MR) is 122 cm³/mol. The van der Waals surface area contributed by atoms with Gasteiger partial charge in [0, 0.05) is 24.2 Å². The molecule has 1 aliphatic heterocycles. The molecule has 1 aromatic heterocycles. The number of likely N-dealkylation sites (tertiary alicyclic amines) is 1. The van der Waals surface area contributed by atoms with Gasteiger partial charge in [-0.2, -0.15) is 5.10 Å². The van der Waals surface area contributed by atoms with Crippen LogP contribution in [0.15, 0.2) is 48.5 Å². The minimum absolute atomic E-state index is 0.0167. The van der Waals surface area contributed by atoms with Crippen LogP contribution in [0.4, 0.5) is 0 Å². The minimum atomic E-state index is 0.0167. The molecule has 1 unspecified atom stereocenters. The maximum atomic E-state index is 13.0. The van der Waals surface area contributed by atoms with Crippen molar-refractivity contribution in [1.82, 2.24) is 14.7 Å². The van der Waals surface area contributed by atoms with Crippen molar-refractivity contribution in [3.63, 3.8) is 0 Å². The third-order valence-corrected chi connectivity index (χ3v) is 5.72. The van der Waals surface area contributed by atoms with Crippen molar-refractivity contribution in [2.24, 2.45) is 5.73 Å². The van der Waals surface area contributed by atoms with E-state index in [1.54, 1.807) is 0 Å². The maximum absolute atomic E-state index is 13.0. The second-order valence-corrected chi connectivity index (χ2v) is 8.17. The molecule has 1 amide bonds. The standard InChI is InChI=1S/C24H25ClN4O/c1-16-23(24(30)28-13-12-21(26)15-28)17(2)29(27-16)22-5-3-4-19(14-22)7-6-18-8-10-20(25)11-9-18/h3-11,14,21H,12-13,15,26H2,1-2H3. The molecule has 154 valence electrons. The fourth-order valence-corrected chi connectivity index (χ4v) is 3.99. The average Bonchev–Trinajstić information content (AvgIpc) is 3.30. The lowest BCUT2D eigenvalue weighted by molar-refractivity contribution is 0.0789. The Morgan fingerprint density at radius 2 is 1.87 bits per heavy atom. The summed E-state index contributed by atoms with van der Waals surface area (Å²) in [5.41, 5.74) is 11.3. The van der Waals surface area contributed by atoms with Crippen LogP contribution >= 0.6 is 11.6 Å². The lowest BCUT2D eigenvalue weighted by Gasteiger charge is -2.16. The summed E-state index contributed by atoms with van der Waals surface area (Å²) in [6.45, 7) is 5.14. The van der Waals surface area contributed by atoms with E-state index in [1.165, 1.54) is 0 Å². The first-order valence-corrected chi connectivity index (χ1v) is 10.5. The van der Waals surface area contributed by atoms with Crippen molar-refractivity contribution < 1.29 is 4.79 Å². The van der Waals surface area contributed by atoms with Crippen LogP contribution in [0.1, 0.15) is 39.3 Å². The number of rotatable bonds is 4. The summed E-state index contributed by atoms with van der Waals surface area (Å²) in [5.74, 6) is 0.0167. The van der Waals surface area contributed by atoms with Crippen LogP contribution in [0, 0.1) is 13.8 Å². The molecule has 5 nitrogen and oxygen atoms in total. The SMILES string of the molecule is Cc1nn(-c2cccc(C=Cc3ccc(Cl)cc3)c2)c(C)c1C(=O)N1CCC(N)C1. The second-order valence-electron chi connectivity index (χ2n) is 7.74. The molecule has 30 heavy (non-hydrogen) atoms. The molecule has 1 saturated heterocycles. The summed E-state index contributed by atoms with van der Waals surface area (Å²) >= 11 is 5.95. The number of nitrogens with two attached hydrogens (primary N) is 1. The van der Waals surface area contributed by atoms with Gasteiger partial charge < -0.3 is 10.6 Å². The average molecular weight is 421 g/mol. The number of halogens is 1. The van der Waals surface area contributed by atoms with E-state index in [0.717, 1.165) is 39.6 Å². The van der Waals surface area contributed by atoms with Crippen LogP contribution in [0.3, 0.4) is 0 Å². The summed E-state index contributed by atoms with van der Waals surface area (Å²) in [6, 6.07) is 15.9. The monoisotopic (exact) mass is 420 g/mol. The second kappa shape index (κ2) is 8.46. The Hall–Kier alpha value is -2.89. The number of hydrogen-bond acceptors (Lipinski definition) is 3. The number of benzene rings is 2. The molecule has 2 N–H and O–H groups in total. The van der Waals surface area contributed by atoms with Crippen LogP contribution in [0.2, 0.25) is 5.02 Å². The van der Waals surface area contributed by atoms with E-state index in [2.05, 4.69) is 17.2 Å². The molecule has 0 saturated carbocycles. The number of nitrogens with zero attached hydrogens (tertiary/aromatic N) is 3. The van der Waals surface area contributed by atoms with Gasteiger partial charge in [0.15, 0.2) is 0 Å². The van der Waals surface area contributed by atoms with Crippen LogP contribution in [-0.2, 0) is 0 Å². The van der Waals surface area contributed by atoms with Crippen molar-refractivity contribution in [3.05, 3.63) is 81.6 Å². The third kappa shape index (κ3) is 4.18. The third-order valence-electron chi connectivity index (χ3n) is 5.47. The predicted octanol–water partition coefficient (Wildman–Crippen LogP) is 4.49. The first-order valence-electron chi connectivity index (χ1n) is 10.1. The topological polar surface area (TPSA) is 64.2 Å². The van der Waals surface area contributed by atoms with Gasteiger partial charge in [0.25, 0.3) is 5.91 Å². The van der Waals surface area contributed by atoms with Crippen LogP contribution < -0.4 is 5.73 Å². The number of aromatic nitrogens is 2. The van der Waals surface area contributed by atoms with Gasteiger partial charge in [-0.25, -0.2) is 4.68 Å². The van der Waals surface area contributed by atoms with E-state index in [9.17, 15) is 4.79 Å². The van der Waals surface area contributed by atoms with Gasteiger partial charge in [-0.1, -0.05) is 48.0 Å². The lowest BCUT2D eigenvalue weighted by atomic mass is 10.1. The van der Waals surface area contributed by atoms with E-state index in [4.69, 9.17) is 17.3 Å². The zero-order valence-corrected chi connectivity index (χ0v) is 17.9. The first-order chi connectivity index (χ1) is 14.4. The Morgan fingerprint density at radius 3 is 2.57 bits per heavy atom. The van der Waals surface area contributed by atoms with Gasteiger partial charge in [-0.3, -0.25) is 4.79 Å². The minimum Gasteiger partial charge on any atom is -0.337 e. The quantitative estimate of drug-likeness (QED) is 0.632. The lowest BCUT2D eigenvalue weighted by Crippen LogP contribution is -2.32. The zero-order valence-electron chi connectivity index (χ0n) is 17.2. The van der Waals surface area contributed by atoms with Gasteiger partial charge in [-0.05, 0) is 55.7 Å². The number of amides is 1. The van der Waals surface area contributed by atoms with Crippen molar-refractivity contribution >= 4 is 29.7 Å². The molecular weight excluding hydrogens is 396 g/mol. The molecule has 1 atom stereocenters. The fraction of sp³-hybridized carbons (Fsp3) is 0.250. The summed E-state index contributed by atoms with van der Waals surface area (Å²) < 4.78 is 1.85. The molecule has 0 bridgehead atoms. The highest BCUT2D eigenvalue weighted by Crippen LogP contribution is 2.23. The van der Waals surface area contributed by atoms with E-state index in [1.807, 2.05) is 72.0 Å². The van der Waals surface area contributed by atoms with Crippen molar-refractivity contribution in [1.29, 1.82) is 0 Å². The molecule has 0 radical (unpaired) electrons. The number of carbonyl (C=O) groups is 1. The molecule has 6 heteroatoms. The molecule has 2 heterocycles. The van der Waals surface area contributed by atoms with Crippen LogP contribution in [0.25, 0.3) is 17.8 Å². The van der Waals surface area contributed by atoms with Gasteiger partial charge in [0.1, 0.15) is 0 Å². The molecule has 2 aromatic carbocycles. The van der Waals surface area contributed by atoms with Gasteiger partial charge in [0.2, 0.25) is 0 Å². The largest absolute Gasteiger partial charge is 0.337 e. The molecule has 3 aromatic rings.